The van der Waals surface area contributed by atoms with Crippen molar-refractivity contribution in [2.24, 2.45) is 0 Å². The number of ether oxygens (including phenoxy) is 2. The van der Waals surface area contributed by atoms with E-state index in [-0.39, 0.29) is 0 Å². The second kappa shape index (κ2) is 7.59. The van der Waals surface area contributed by atoms with Crippen LogP contribution in [0.25, 0.3) is 0 Å². The van der Waals surface area contributed by atoms with Gasteiger partial charge in [-0.3, -0.25) is 5.32 Å². The molecule has 4 nitrogen and oxygen atoms in total. The van der Waals surface area contributed by atoms with Crippen LogP contribution in [0.5, 0.6) is 0 Å². The molecule has 0 saturated heterocycles. The molecule has 0 saturated carbocycles. The predicted molar refractivity (Wildman–Crippen MR) is 71.1 cm³/mol. The standard InChI is InChI=1S/C12H15Cl2NO3/c1-17-6-5-15-11(12(16)18-2)9-7-8(13)3-4-10(9)14/h3-4,7,11,15H,5-6H2,1-2H3. The molecule has 0 amide bonds. The molecule has 1 N–H and O–H groups in total. The predicted octanol–water partition coefficient (Wildman–Crippen LogP) is 2.44. The van der Waals surface area contributed by atoms with Crippen molar-refractivity contribution in [3.8, 4) is 0 Å². The van der Waals surface area contributed by atoms with Crippen molar-refractivity contribution in [2.45, 2.75) is 6.04 Å². The summed E-state index contributed by atoms with van der Waals surface area (Å²) in [6.45, 7) is 0.977. The minimum atomic E-state index is -0.656. The monoisotopic (exact) mass is 291 g/mol. The Morgan fingerprint density at radius 3 is 2.72 bits per heavy atom. The largest absolute Gasteiger partial charge is 0.468 e. The molecule has 1 aromatic rings. The molecular weight excluding hydrogens is 277 g/mol. The van der Waals surface area contributed by atoms with Crippen LogP contribution in [0.4, 0.5) is 0 Å². The van der Waals surface area contributed by atoms with Crippen molar-refractivity contribution in [3.05, 3.63) is 33.8 Å². The highest BCUT2D eigenvalue weighted by Gasteiger charge is 2.23. The van der Waals surface area contributed by atoms with Gasteiger partial charge in [-0.1, -0.05) is 23.2 Å². The van der Waals surface area contributed by atoms with Gasteiger partial charge < -0.3 is 9.47 Å². The van der Waals surface area contributed by atoms with E-state index in [4.69, 9.17) is 32.7 Å². The molecule has 0 aliphatic heterocycles. The summed E-state index contributed by atoms with van der Waals surface area (Å²) in [5.74, 6) is -0.421. The zero-order valence-corrected chi connectivity index (χ0v) is 11.7. The highest BCUT2D eigenvalue weighted by Crippen LogP contribution is 2.27. The first-order chi connectivity index (χ1) is 8.60. The lowest BCUT2D eigenvalue weighted by atomic mass is 10.1. The summed E-state index contributed by atoms with van der Waals surface area (Å²) >= 11 is 12.0. The molecule has 100 valence electrons. The molecule has 0 radical (unpaired) electrons. The lowest BCUT2D eigenvalue weighted by Crippen LogP contribution is -2.32. The van der Waals surface area contributed by atoms with Crippen molar-refractivity contribution >= 4 is 29.2 Å². The average molecular weight is 292 g/mol. The third-order valence-corrected chi connectivity index (χ3v) is 2.94. The van der Waals surface area contributed by atoms with Crippen LogP contribution in [0.1, 0.15) is 11.6 Å². The van der Waals surface area contributed by atoms with Gasteiger partial charge in [-0.25, -0.2) is 4.79 Å². The number of halogens is 2. The van der Waals surface area contributed by atoms with Gasteiger partial charge in [0.15, 0.2) is 0 Å². The normalized spacial score (nSPS) is 12.2. The van der Waals surface area contributed by atoms with Gasteiger partial charge in [-0.15, -0.1) is 0 Å². The van der Waals surface area contributed by atoms with Crippen LogP contribution in [-0.4, -0.2) is 33.3 Å². The number of hydrogen-bond acceptors (Lipinski definition) is 4. The van der Waals surface area contributed by atoms with Gasteiger partial charge in [-0.2, -0.15) is 0 Å². The van der Waals surface area contributed by atoms with Gasteiger partial charge in [0.2, 0.25) is 0 Å². The summed E-state index contributed by atoms with van der Waals surface area (Å²) in [5, 5.41) is 3.98. The summed E-state index contributed by atoms with van der Waals surface area (Å²) in [7, 11) is 2.91. The third-order valence-electron chi connectivity index (χ3n) is 2.36. The maximum Gasteiger partial charge on any atom is 0.327 e. The molecule has 0 bridgehead atoms. The first-order valence-corrected chi connectivity index (χ1v) is 6.10. The van der Waals surface area contributed by atoms with Crippen molar-refractivity contribution in [1.82, 2.24) is 5.32 Å². The maximum absolute atomic E-state index is 11.7. The number of nitrogens with one attached hydrogen (secondary N) is 1. The Labute approximate surface area is 116 Å². The third kappa shape index (κ3) is 4.14. The smallest absolute Gasteiger partial charge is 0.327 e. The molecule has 0 fully saturated rings. The lowest BCUT2D eigenvalue weighted by Gasteiger charge is -2.18. The molecule has 1 rings (SSSR count). The molecular formula is C12H15Cl2NO3. The van der Waals surface area contributed by atoms with Gasteiger partial charge in [0.25, 0.3) is 0 Å². The summed E-state index contributed by atoms with van der Waals surface area (Å²) in [4.78, 5) is 11.7. The van der Waals surface area contributed by atoms with E-state index < -0.39 is 12.0 Å². The van der Waals surface area contributed by atoms with E-state index in [9.17, 15) is 4.79 Å². The Morgan fingerprint density at radius 1 is 1.39 bits per heavy atom. The van der Waals surface area contributed by atoms with Crippen LogP contribution in [0, 0.1) is 0 Å². The molecule has 0 aromatic heterocycles. The number of rotatable bonds is 6. The first-order valence-electron chi connectivity index (χ1n) is 5.35. The second-order valence-corrected chi connectivity index (χ2v) is 4.41. The van der Waals surface area contributed by atoms with Crippen LogP contribution in [-0.2, 0) is 14.3 Å². The zero-order chi connectivity index (χ0) is 13.5. The van der Waals surface area contributed by atoms with E-state index in [2.05, 4.69) is 5.32 Å². The van der Waals surface area contributed by atoms with Crippen LogP contribution in [0.2, 0.25) is 10.0 Å². The van der Waals surface area contributed by atoms with Crippen LogP contribution >= 0.6 is 23.2 Å². The van der Waals surface area contributed by atoms with Gasteiger partial charge in [-0.05, 0) is 18.2 Å². The van der Waals surface area contributed by atoms with E-state index in [0.717, 1.165) is 0 Å². The van der Waals surface area contributed by atoms with Crippen molar-refractivity contribution in [3.63, 3.8) is 0 Å². The van der Waals surface area contributed by atoms with Gasteiger partial charge in [0.1, 0.15) is 6.04 Å². The number of hydrogen-bond donors (Lipinski definition) is 1. The minimum Gasteiger partial charge on any atom is -0.468 e. The topological polar surface area (TPSA) is 47.6 Å². The first kappa shape index (κ1) is 15.2. The Bertz CT molecular complexity index is 412. The summed E-state index contributed by atoms with van der Waals surface area (Å²) in [5.41, 5.74) is 0.590. The number of esters is 1. The molecule has 0 aliphatic carbocycles. The number of methoxy groups -OCH3 is 2. The maximum atomic E-state index is 11.7. The fourth-order valence-electron chi connectivity index (χ4n) is 1.48. The average Bonchev–Trinajstić information content (AvgIpc) is 2.37. The Morgan fingerprint density at radius 2 is 2.11 bits per heavy atom. The molecule has 1 aromatic carbocycles. The highest BCUT2D eigenvalue weighted by atomic mass is 35.5. The van der Waals surface area contributed by atoms with Crippen molar-refractivity contribution < 1.29 is 14.3 Å². The lowest BCUT2D eigenvalue weighted by molar-refractivity contribution is -0.143. The van der Waals surface area contributed by atoms with E-state index >= 15 is 0 Å². The van der Waals surface area contributed by atoms with Crippen LogP contribution in [0.3, 0.4) is 0 Å². The minimum absolute atomic E-state index is 0.421. The Balaban J connectivity index is 2.93. The summed E-state index contributed by atoms with van der Waals surface area (Å²) in [6, 6.07) is 4.30. The number of carbonyl (C=O) groups is 1. The molecule has 6 heteroatoms. The molecule has 0 spiro atoms. The van der Waals surface area contributed by atoms with Gasteiger partial charge >= 0.3 is 5.97 Å². The fourth-order valence-corrected chi connectivity index (χ4v) is 1.89. The van der Waals surface area contributed by atoms with E-state index in [1.165, 1.54) is 7.11 Å². The Hall–Kier alpha value is -0.810. The molecule has 18 heavy (non-hydrogen) atoms. The zero-order valence-electron chi connectivity index (χ0n) is 10.2. The second-order valence-electron chi connectivity index (χ2n) is 3.57. The fraction of sp³-hybridized carbons (Fsp3) is 0.417. The Kier molecular flexibility index (Phi) is 6.43. The van der Waals surface area contributed by atoms with Crippen LogP contribution in [0.15, 0.2) is 18.2 Å². The molecule has 0 aliphatic rings. The van der Waals surface area contributed by atoms with E-state index in [0.29, 0.717) is 28.8 Å². The van der Waals surface area contributed by atoms with E-state index in [1.54, 1.807) is 25.3 Å². The molecule has 1 atom stereocenters. The van der Waals surface area contributed by atoms with Crippen LogP contribution < -0.4 is 5.32 Å². The molecule has 0 heterocycles. The number of carbonyl (C=O) groups excluding carboxylic acids is 1. The van der Waals surface area contributed by atoms with Gasteiger partial charge in [0.05, 0.1) is 13.7 Å². The van der Waals surface area contributed by atoms with Crippen molar-refractivity contribution in [1.29, 1.82) is 0 Å². The summed E-state index contributed by atoms with van der Waals surface area (Å²) < 4.78 is 9.67. The van der Waals surface area contributed by atoms with Crippen molar-refractivity contribution in [2.75, 3.05) is 27.4 Å². The quantitative estimate of drug-likeness (QED) is 0.646. The van der Waals surface area contributed by atoms with Gasteiger partial charge in [0, 0.05) is 29.3 Å². The summed E-state index contributed by atoms with van der Waals surface area (Å²) in [6.07, 6.45) is 0. The number of benzene rings is 1. The SMILES string of the molecule is COCCNC(C(=O)OC)c1cc(Cl)ccc1Cl. The highest BCUT2D eigenvalue weighted by molar-refractivity contribution is 6.33. The molecule has 1 unspecified atom stereocenters. The van der Waals surface area contributed by atoms with E-state index in [1.807, 2.05) is 0 Å².